The SMILES string of the molecule is CCCNC(=O)c1cnc(Nc2cccc3cccnc23)nc1. The monoisotopic (exact) mass is 307 g/mol. The number of nitrogens with zero attached hydrogens (tertiary/aromatic N) is 3. The fourth-order valence-electron chi connectivity index (χ4n) is 2.18. The van der Waals surface area contributed by atoms with Gasteiger partial charge in [0.1, 0.15) is 0 Å². The maximum atomic E-state index is 11.8. The minimum Gasteiger partial charge on any atom is -0.352 e. The van der Waals surface area contributed by atoms with Crippen molar-refractivity contribution in [1.29, 1.82) is 0 Å². The molecule has 0 unspecified atom stereocenters. The molecule has 0 spiro atoms. The summed E-state index contributed by atoms with van der Waals surface area (Å²) in [5.41, 5.74) is 2.12. The van der Waals surface area contributed by atoms with E-state index in [4.69, 9.17) is 0 Å². The van der Waals surface area contributed by atoms with Gasteiger partial charge in [0.15, 0.2) is 0 Å². The average Bonchev–Trinajstić information content (AvgIpc) is 2.60. The van der Waals surface area contributed by atoms with E-state index in [0.717, 1.165) is 23.0 Å². The number of benzene rings is 1. The van der Waals surface area contributed by atoms with Crippen LogP contribution in [0.1, 0.15) is 23.7 Å². The summed E-state index contributed by atoms with van der Waals surface area (Å²) in [6.07, 6.45) is 5.66. The van der Waals surface area contributed by atoms with E-state index in [1.807, 2.05) is 37.3 Å². The van der Waals surface area contributed by atoms with Crippen LogP contribution >= 0.6 is 0 Å². The molecule has 0 saturated heterocycles. The molecular weight excluding hydrogens is 290 g/mol. The predicted molar refractivity (Wildman–Crippen MR) is 89.7 cm³/mol. The van der Waals surface area contributed by atoms with E-state index in [0.29, 0.717) is 18.1 Å². The molecule has 0 bridgehead atoms. The third-order valence-corrected chi connectivity index (χ3v) is 3.33. The zero-order valence-electron chi connectivity index (χ0n) is 12.8. The number of hydrogen-bond acceptors (Lipinski definition) is 5. The third-order valence-electron chi connectivity index (χ3n) is 3.33. The highest BCUT2D eigenvalue weighted by molar-refractivity contribution is 5.94. The van der Waals surface area contributed by atoms with E-state index in [2.05, 4.69) is 25.6 Å². The number of fused-ring (bicyclic) bond motifs is 1. The van der Waals surface area contributed by atoms with Gasteiger partial charge < -0.3 is 10.6 Å². The highest BCUT2D eigenvalue weighted by atomic mass is 16.1. The maximum absolute atomic E-state index is 11.8. The summed E-state index contributed by atoms with van der Waals surface area (Å²) in [5.74, 6) is 0.264. The van der Waals surface area contributed by atoms with Gasteiger partial charge in [-0.1, -0.05) is 25.1 Å². The molecule has 23 heavy (non-hydrogen) atoms. The normalized spacial score (nSPS) is 10.5. The molecule has 0 atom stereocenters. The van der Waals surface area contributed by atoms with E-state index >= 15 is 0 Å². The Bertz CT molecular complexity index is 811. The molecule has 116 valence electrons. The van der Waals surface area contributed by atoms with Gasteiger partial charge in [-0.25, -0.2) is 9.97 Å². The topological polar surface area (TPSA) is 79.8 Å². The minimum absolute atomic E-state index is 0.162. The molecule has 3 rings (SSSR count). The Hall–Kier alpha value is -3.02. The van der Waals surface area contributed by atoms with Crippen molar-refractivity contribution in [3.8, 4) is 0 Å². The Morgan fingerprint density at radius 2 is 1.87 bits per heavy atom. The van der Waals surface area contributed by atoms with E-state index in [-0.39, 0.29) is 5.91 Å². The quantitative estimate of drug-likeness (QED) is 0.757. The number of rotatable bonds is 5. The van der Waals surface area contributed by atoms with Crippen molar-refractivity contribution >= 4 is 28.4 Å². The summed E-state index contributed by atoms with van der Waals surface area (Å²) in [6, 6.07) is 9.75. The first kappa shape index (κ1) is 14.9. The Morgan fingerprint density at radius 1 is 1.09 bits per heavy atom. The summed E-state index contributed by atoms with van der Waals surface area (Å²) < 4.78 is 0. The van der Waals surface area contributed by atoms with Gasteiger partial charge in [0.05, 0.1) is 16.8 Å². The second-order valence-electron chi connectivity index (χ2n) is 5.06. The number of amides is 1. The molecule has 0 radical (unpaired) electrons. The standard InChI is InChI=1S/C17H17N5O/c1-2-8-19-16(23)13-10-20-17(21-11-13)22-14-7-3-5-12-6-4-9-18-15(12)14/h3-7,9-11H,2,8H2,1H3,(H,19,23)(H,20,21,22). The lowest BCUT2D eigenvalue weighted by molar-refractivity contribution is 0.0953. The van der Waals surface area contributed by atoms with E-state index < -0.39 is 0 Å². The van der Waals surface area contributed by atoms with Gasteiger partial charge in [-0.05, 0) is 18.6 Å². The number of anilines is 2. The summed E-state index contributed by atoms with van der Waals surface area (Å²) in [6.45, 7) is 2.64. The first-order valence-electron chi connectivity index (χ1n) is 7.49. The van der Waals surface area contributed by atoms with Gasteiger partial charge >= 0.3 is 0 Å². The van der Waals surface area contributed by atoms with Crippen molar-refractivity contribution in [2.75, 3.05) is 11.9 Å². The van der Waals surface area contributed by atoms with Crippen molar-refractivity contribution < 1.29 is 4.79 Å². The molecule has 2 heterocycles. The van der Waals surface area contributed by atoms with Crippen LogP contribution in [0.15, 0.2) is 48.9 Å². The van der Waals surface area contributed by atoms with Crippen LogP contribution in [0.3, 0.4) is 0 Å². The number of hydrogen-bond donors (Lipinski definition) is 2. The number of carbonyl (C=O) groups excluding carboxylic acids is 1. The van der Waals surface area contributed by atoms with Gasteiger partial charge in [0.25, 0.3) is 5.91 Å². The highest BCUT2D eigenvalue weighted by Gasteiger charge is 2.07. The van der Waals surface area contributed by atoms with Crippen LogP contribution in [0.25, 0.3) is 10.9 Å². The maximum Gasteiger partial charge on any atom is 0.254 e. The summed E-state index contributed by atoms with van der Waals surface area (Å²) in [7, 11) is 0. The van der Waals surface area contributed by atoms with Gasteiger partial charge in [0, 0.05) is 30.5 Å². The lowest BCUT2D eigenvalue weighted by atomic mass is 10.2. The Kier molecular flexibility index (Phi) is 4.42. The molecule has 3 aromatic rings. The van der Waals surface area contributed by atoms with E-state index in [1.165, 1.54) is 12.4 Å². The van der Waals surface area contributed by atoms with Crippen molar-refractivity contribution in [2.24, 2.45) is 0 Å². The molecule has 2 N–H and O–H groups in total. The molecule has 1 aromatic carbocycles. The average molecular weight is 307 g/mol. The Morgan fingerprint density at radius 3 is 2.65 bits per heavy atom. The zero-order chi connectivity index (χ0) is 16.1. The van der Waals surface area contributed by atoms with Gasteiger partial charge in [-0.2, -0.15) is 0 Å². The summed E-state index contributed by atoms with van der Waals surface area (Å²) in [4.78, 5) is 24.6. The van der Waals surface area contributed by atoms with Crippen LogP contribution < -0.4 is 10.6 Å². The van der Waals surface area contributed by atoms with Crippen molar-refractivity contribution in [1.82, 2.24) is 20.3 Å². The van der Waals surface area contributed by atoms with Crippen molar-refractivity contribution in [2.45, 2.75) is 13.3 Å². The minimum atomic E-state index is -0.162. The van der Waals surface area contributed by atoms with Crippen LogP contribution in [-0.2, 0) is 0 Å². The molecule has 0 aliphatic heterocycles. The Labute approximate surface area is 134 Å². The zero-order valence-corrected chi connectivity index (χ0v) is 12.8. The van der Waals surface area contributed by atoms with Gasteiger partial charge in [0.2, 0.25) is 5.95 Å². The lowest BCUT2D eigenvalue weighted by Crippen LogP contribution is -2.24. The molecule has 1 amide bonds. The number of carbonyl (C=O) groups is 1. The molecule has 0 saturated carbocycles. The number of pyridine rings is 1. The summed E-state index contributed by atoms with van der Waals surface area (Å²) >= 11 is 0. The van der Waals surface area contributed by atoms with E-state index in [9.17, 15) is 4.79 Å². The van der Waals surface area contributed by atoms with Crippen molar-refractivity contribution in [3.05, 3.63) is 54.5 Å². The van der Waals surface area contributed by atoms with Crippen LogP contribution in [-0.4, -0.2) is 27.4 Å². The van der Waals surface area contributed by atoms with Gasteiger partial charge in [-0.3, -0.25) is 9.78 Å². The highest BCUT2D eigenvalue weighted by Crippen LogP contribution is 2.22. The number of para-hydroxylation sites is 1. The smallest absolute Gasteiger partial charge is 0.254 e. The fraction of sp³-hybridized carbons (Fsp3) is 0.176. The van der Waals surface area contributed by atoms with Crippen LogP contribution in [0.4, 0.5) is 11.6 Å². The Balaban J connectivity index is 1.79. The van der Waals surface area contributed by atoms with Crippen LogP contribution in [0.2, 0.25) is 0 Å². The predicted octanol–water partition coefficient (Wildman–Crippen LogP) is 2.91. The molecular formula is C17H17N5O. The molecule has 0 aliphatic rings. The van der Waals surface area contributed by atoms with Gasteiger partial charge in [-0.15, -0.1) is 0 Å². The lowest BCUT2D eigenvalue weighted by Gasteiger charge is -2.08. The first-order valence-corrected chi connectivity index (χ1v) is 7.49. The largest absolute Gasteiger partial charge is 0.352 e. The molecule has 0 aliphatic carbocycles. The second kappa shape index (κ2) is 6.83. The third kappa shape index (κ3) is 3.42. The van der Waals surface area contributed by atoms with Crippen molar-refractivity contribution in [3.63, 3.8) is 0 Å². The van der Waals surface area contributed by atoms with Crippen LogP contribution in [0.5, 0.6) is 0 Å². The molecule has 6 nitrogen and oxygen atoms in total. The number of nitrogens with one attached hydrogen (secondary N) is 2. The molecule has 2 aromatic heterocycles. The second-order valence-corrected chi connectivity index (χ2v) is 5.06. The first-order chi connectivity index (χ1) is 11.3. The van der Waals surface area contributed by atoms with Crippen LogP contribution in [0, 0.1) is 0 Å². The molecule has 0 fully saturated rings. The number of aromatic nitrogens is 3. The van der Waals surface area contributed by atoms with E-state index in [1.54, 1.807) is 6.20 Å². The molecule has 6 heteroatoms. The summed E-state index contributed by atoms with van der Waals surface area (Å²) in [5, 5.41) is 6.97. The fourth-order valence-corrected chi connectivity index (χ4v) is 2.18.